The summed E-state index contributed by atoms with van der Waals surface area (Å²) >= 11 is 1.05. The molecule has 134 valence electrons. The van der Waals surface area contributed by atoms with Crippen molar-refractivity contribution < 1.29 is 22.7 Å². The van der Waals surface area contributed by atoms with E-state index in [4.69, 9.17) is 0 Å². The van der Waals surface area contributed by atoms with E-state index >= 15 is 0 Å². The van der Waals surface area contributed by atoms with Crippen LogP contribution in [0.4, 0.5) is 5.13 Å². The molecule has 0 saturated carbocycles. The number of hydrogen-bond acceptors (Lipinski definition) is 7. The van der Waals surface area contributed by atoms with Gasteiger partial charge in [-0.15, -0.1) is 11.3 Å². The molecule has 0 unspecified atom stereocenters. The predicted molar refractivity (Wildman–Crippen MR) is 93.1 cm³/mol. The Labute approximate surface area is 149 Å². The number of esters is 1. The topological polar surface area (TPSA) is 114 Å². The first-order valence-corrected chi connectivity index (χ1v) is 9.54. The van der Waals surface area contributed by atoms with Crippen LogP contribution in [0, 0.1) is 6.92 Å². The number of sulfonamides is 1. The third kappa shape index (κ3) is 5.00. The maximum absolute atomic E-state index is 12.3. The van der Waals surface area contributed by atoms with Gasteiger partial charge < -0.3 is 10.1 Å². The summed E-state index contributed by atoms with van der Waals surface area (Å²) in [4.78, 5) is 27.8. The lowest BCUT2D eigenvalue weighted by Gasteiger charge is -2.04. The summed E-state index contributed by atoms with van der Waals surface area (Å²) in [7, 11) is -2.51. The van der Waals surface area contributed by atoms with Gasteiger partial charge in [0.25, 0.3) is 15.9 Å². The van der Waals surface area contributed by atoms with Crippen LogP contribution in [0.15, 0.2) is 35.2 Å². The summed E-state index contributed by atoms with van der Waals surface area (Å²) in [5.41, 5.74) is 0.112. The lowest BCUT2D eigenvalue weighted by Crippen LogP contribution is -2.27. The minimum absolute atomic E-state index is 0.0406. The van der Waals surface area contributed by atoms with Crippen LogP contribution in [-0.4, -0.2) is 38.9 Å². The second-order valence-corrected chi connectivity index (χ2v) is 7.81. The predicted octanol–water partition coefficient (Wildman–Crippen LogP) is 1.55. The fourth-order valence-electron chi connectivity index (χ4n) is 1.89. The highest BCUT2D eigenvalue weighted by Crippen LogP contribution is 2.24. The van der Waals surface area contributed by atoms with Gasteiger partial charge in [0.05, 0.1) is 18.4 Å². The first-order valence-electron chi connectivity index (χ1n) is 7.24. The minimum atomic E-state index is -3.77. The van der Waals surface area contributed by atoms with E-state index in [0.717, 1.165) is 11.3 Å². The van der Waals surface area contributed by atoms with Crippen molar-refractivity contribution in [3.05, 3.63) is 40.9 Å². The monoisotopic (exact) mass is 383 g/mol. The molecule has 2 aromatic rings. The molecule has 2 rings (SSSR count). The molecular weight excluding hydrogens is 366 g/mol. The van der Waals surface area contributed by atoms with Gasteiger partial charge in [-0.1, -0.05) is 18.2 Å². The molecule has 0 spiro atoms. The summed E-state index contributed by atoms with van der Waals surface area (Å²) in [5.74, 6) is -0.922. The number of carbonyl (C=O) groups is 2. The van der Waals surface area contributed by atoms with Crippen molar-refractivity contribution in [2.45, 2.75) is 18.2 Å². The average molecular weight is 383 g/mol. The third-order valence-corrected chi connectivity index (χ3v) is 5.50. The number of aryl methyl sites for hydroxylation is 1. The largest absolute Gasteiger partial charge is 0.469 e. The van der Waals surface area contributed by atoms with Gasteiger partial charge in [0.15, 0.2) is 5.13 Å². The molecular formula is C15H17N3O5S2. The Morgan fingerprint density at radius 3 is 2.56 bits per heavy atom. The molecule has 1 heterocycles. The van der Waals surface area contributed by atoms with E-state index in [-0.39, 0.29) is 28.7 Å². The van der Waals surface area contributed by atoms with Crippen molar-refractivity contribution in [1.82, 2.24) is 10.3 Å². The Hall–Kier alpha value is -2.46. The number of methoxy groups -OCH3 is 1. The lowest BCUT2D eigenvalue weighted by atomic mass is 10.3. The molecule has 2 N–H and O–H groups in total. The number of aromatic nitrogens is 1. The van der Waals surface area contributed by atoms with Crippen LogP contribution in [0.1, 0.15) is 21.8 Å². The number of ether oxygens (including phenoxy) is 1. The summed E-state index contributed by atoms with van der Waals surface area (Å²) < 4.78 is 31.4. The van der Waals surface area contributed by atoms with Crippen LogP contribution < -0.4 is 10.0 Å². The minimum Gasteiger partial charge on any atom is -0.469 e. The van der Waals surface area contributed by atoms with Crippen molar-refractivity contribution in [2.24, 2.45) is 0 Å². The van der Waals surface area contributed by atoms with Gasteiger partial charge in [-0.05, 0) is 19.1 Å². The van der Waals surface area contributed by atoms with Gasteiger partial charge in [0.1, 0.15) is 5.69 Å². The number of benzene rings is 1. The van der Waals surface area contributed by atoms with Crippen molar-refractivity contribution >= 4 is 38.4 Å². The fraction of sp³-hybridized carbons (Fsp3) is 0.267. The molecule has 1 aromatic carbocycles. The lowest BCUT2D eigenvalue weighted by molar-refractivity contribution is -0.140. The second-order valence-electron chi connectivity index (χ2n) is 4.92. The summed E-state index contributed by atoms with van der Waals surface area (Å²) in [5, 5.41) is 2.64. The Balaban J connectivity index is 2.07. The van der Waals surface area contributed by atoms with Gasteiger partial charge in [-0.3, -0.25) is 14.3 Å². The molecule has 8 nitrogen and oxygen atoms in total. The molecule has 1 aromatic heterocycles. The number of hydrogen-bond donors (Lipinski definition) is 2. The quantitative estimate of drug-likeness (QED) is 0.701. The molecule has 0 aliphatic carbocycles. The summed E-state index contributed by atoms with van der Waals surface area (Å²) in [6.07, 6.45) is 0.0406. The van der Waals surface area contributed by atoms with E-state index < -0.39 is 21.9 Å². The highest BCUT2D eigenvalue weighted by Gasteiger charge is 2.20. The molecule has 0 aliphatic heterocycles. The number of amides is 1. The number of nitrogens with zero attached hydrogens (tertiary/aromatic N) is 1. The Morgan fingerprint density at radius 1 is 1.24 bits per heavy atom. The molecule has 0 radical (unpaired) electrons. The van der Waals surface area contributed by atoms with E-state index in [9.17, 15) is 18.0 Å². The van der Waals surface area contributed by atoms with E-state index in [2.05, 4.69) is 19.8 Å². The zero-order chi connectivity index (χ0) is 18.4. The molecule has 1 amide bonds. The zero-order valence-corrected chi connectivity index (χ0v) is 15.2. The van der Waals surface area contributed by atoms with Gasteiger partial charge >= 0.3 is 5.97 Å². The van der Waals surface area contributed by atoms with Gasteiger partial charge in [0, 0.05) is 11.4 Å². The van der Waals surface area contributed by atoms with Crippen molar-refractivity contribution in [2.75, 3.05) is 18.4 Å². The van der Waals surface area contributed by atoms with Crippen LogP contribution in [0.3, 0.4) is 0 Å². The zero-order valence-electron chi connectivity index (χ0n) is 13.6. The van der Waals surface area contributed by atoms with Gasteiger partial charge in [-0.25, -0.2) is 13.4 Å². The van der Waals surface area contributed by atoms with Crippen molar-refractivity contribution in [1.29, 1.82) is 0 Å². The molecule has 25 heavy (non-hydrogen) atoms. The van der Waals surface area contributed by atoms with Gasteiger partial charge in [0.2, 0.25) is 0 Å². The van der Waals surface area contributed by atoms with E-state index in [1.807, 2.05) is 0 Å². The van der Waals surface area contributed by atoms with E-state index in [1.165, 1.54) is 19.2 Å². The molecule has 0 saturated heterocycles. The second kappa shape index (κ2) is 8.08. The summed E-state index contributed by atoms with van der Waals surface area (Å²) in [6, 6.07) is 7.86. The Bertz CT molecular complexity index is 863. The number of nitrogens with one attached hydrogen (secondary N) is 2. The number of rotatable bonds is 7. The SMILES string of the molecule is COC(=O)CCNC(=O)c1nc(NS(=O)(=O)c2ccccc2)sc1C. The third-order valence-electron chi connectivity index (χ3n) is 3.13. The molecule has 10 heteroatoms. The van der Waals surface area contributed by atoms with Crippen LogP contribution in [-0.2, 0) is 19.6 Å². The number of anilines is 1. The normalized spacial score (nSPS) is 11.0. The molecule has 0 atom stereocenters. The fourth-order valence-corrected chi connectivity index (χ4v) is 3.95. The van der Waals surface area contributed by atoms with Crippen molar-refractivity contribution in [3.8, 4) is 0 Å². The first kappa shape index (κ1) is 18.9. The number of thiazole rings is 1. The van der Waals surface area contributed by atoms with Crippen LogP contribution in [0.25, 0.3) is 0 Å². The highest BCUT2D eigenvalue weighted by atomic mass is 32.2. The highest BCUT2D eigenvalue weighted by molar-refractivity contribution is 7.93. The van der Waals surface area contributed by atoms with Gasteiger partial charge in [-0.2, -0.15) is 0 Å². The average Bonchev–Trinajstić information content (AvgIpc) is 2.95. The Morgan fingerprint density at radius 2 is 1.92 bits per heavy atom. The molecule has 0 bridgehead atoms. The van der Waals surface area contributed by atoms with Crippen molar-refractivity contribution in [3.63, 3.8) is 0 Å². The van der Waals surface area contributed by atoms with E-state index in [1.54, 1.807) is 25.1 Å². The maximum atomic E-state index is 12.3. The molecule has 0 aliphatic rings. The number of carbonyl (C=O) groups excluding carboxylic acids is 2. The standard InChI is InChI=1S/C15H17N3O5S2/c1-10-13(14(20)16-9-8-12(19)23-2)17-15(24-10)18-25(21,22)11-6-4-3-5-7-11/h3-7H,8-9H2,1-2H3,(H,16,20)(H,17,18). The molecule has 0 fully saturated rings. The van der Waals surface area contributed by atoms with E-state index in [0.29, 0.717) is 4.88 Å². The smallest absolute Gasteiger partial charge is 0.307 e. The van der Waals surface area contributed by atoms with Crippen LogP contribution in [0.5, 0.6) is 0 Å². The summed E-state index contributed by atoms with van der Waals surface area (Å²) in [6.45, 7) is 1.76. The van der Waals surface area contributed by atoms with Crippen LogP contribution >= 0.6 is 11.3 Å². The Kier molecular flexibility index (Phi) is 6.10. The van der Waals surface area contributed by atoms with Crippen LogP contribution in [0.2, 0.25) is 0 Å². The maximum Gasteiger partial charge on any atom is 0.307 e. The first-order chi connectivity index (χ1) is 11.8.